The first-order chi connectivity index (χ1) is 8.25. The molecule has 92 valence electrons. The van der Waals surface area contributed by atoms with Gasteiger partial charge in [-0.05, 0) is 36.9 Å². The smallest absolute Gasteiger partial charge is 0.132 e. The third kappa shape index (κ3) is 3.70. The average molecular weight is 251 g/mol. The molecule has 0 radical (unpaired) electrons. The molecule has 17 heavy (non-hydrogen) atoms. The van der Waals surface area contributed by atoms with E-state index in [0.717, 1.165) is 6.54 Å². The maximum absolute atomic E-state index is 9.91. The zero-order valence-electron chi connectivity index (χ0n) is 9.80. The van der Waals surface area contributed by atoms with E-state index in [1.807, 2.05) is 6.07 Å². The molecule has 0 fully saturated rings. The number of aliphatic hydroxyl groups excluding tert-OH is 1. The first-order valence-corrected chi connectivity index (χ1v) is 6.61. The summed E-state index contributed by atoms with van der Waals surface area (Å²) in [5.41, 5.74) is 0. The van der Waals surface area contributed by atoms with E-state index in [-0.39, 0.29) is 6.04 Å². The Hall–Kier alpha value is -1.10. The van der Waals surface area contributed by atoms with Gasteiger partial charge in [-0.3, -0.25) is 0 Å². The second-order valence-corrected chi connectivity index (χ2v) is 5.16. The topological polar surface area (TPSA) is 45.4 Å². The highest BCUT2D eigenvalue weighted by molar-refractivity contribution is 7.09. The van der Waals surface area contributed by atoms with Crippen molar-refractivity contribution in [3.63, 3.8) is 0 Å². The van der Waals surface area contributed by atoms with Gasteiger partial charge in [0, 0.05) is 17.5 Å². The van der Waals surface area contributed by atoms with Gasteiger partial charge in [0.05, 0.1) is 6.26 Å². The molecule has 0 bridgehead atoms. The summed E-state index contributed by atoms with van der Waals surface area (Å²) in [7, 11) is 0. The van der Waals surface area contributed by atoms with E-state index in [9.17, 15) is 5.11 Å². The Morgan fingerprint density at radius 1 is 1.41 bits per heavy atom. The van der Waals surface area contributed by atoms with Crippen molar-refractivity contribution in [2.75, 3.05) is 0 Å². The van der Waals surface area contributed by atoms with Gasteiger partial charge in [0.25, 0.3) is 0 Å². The van der Waals surface area contributed by atoms with Gasteiger partial charge in [0.1, 0.15) is 11.9 Å². The molecule has 3 nitrogen and oxygen atoms in total. The molecule has 2 atom stereocenters. The summed E-state index contributed by atoms with van der Waals surface area (Å²) in [5.74, 6) is 0.634. The number of rotatable bonds is 6. The molecule has 2 aromatic heterocycles. The van der Waals surface area contributed by atoms with Gasteiger partial charge >= 0.3 is 0 Å². The lowest BCUT2D eigenvalue weighted by Gasteiger charge is -2.16. The molecule has 4 heteroatoms. The predicted octanol–water partition coefficient (Wildman–Crippen LogP) is 2.94. The number of nitrogens with one attached hydrogen (secondary N) is 1. The zero-order valence-corrected chi connectivity index (χ0v) is 10.6. The molecule has 0 saturated carbocycles. The molecule has 0 spiro atoms. The minimum absolute atomic E-state index is 0.247. The van der Waals surface area contributed by atoms with E-state index in [4.69, 9.17) is 4.42 Å². The van der Waals surface area contributed by atoms with Crippen LogP contribution in [0.15, 0.2) is 40.3 Å². The van der Waals surface area contributed by atoms with Crippen LogP contribution >= 0.6 is 11.3 Å². The fraction of sp³-hybridized carbons (Fsp3) is 0.385. The van der Waals surface area contributed by atoms with E-state index < -0.39 is 6.10 Å². The average Bonchev–Trinajstić information content (AvgIpc) is 2.99. The molecule has 0 aliphatic rings. The molecule has 2 unspecified atom stereocenters. The van der Waals surface area contributed by atoms with Crippen LogP contribution < -0.4 is 5.32 Å². The van der Waals surface area contributed by atoms with Crippen LogP contribution in [0.1, 0.15) is 30.1 Å². The quantitative estimate of drug-likeness (QED) is 0.829. The van der Waals surface area contributed by atoms with E-state index >= 15 is 0 Å². The van der Waals surface area contributed by atoms with Crippen molar-refractivity contribution in [3.05, 3.63) is 46.5 Å². The lowest BCUT2D eigenvalue weighted by molar-refractivity contribution is 0.128. The summed E-state index contributed by atoms with van der Waals surface area (Å²) in [4.78, 5) is 1.31. The number of aliphatic hydroxyl groups is 1. The molecule has 0 aliphatic heterocycles. The SMILES string of the molecule is CC(CC(O)c1ccco1)NCc1cccs1. The highest BCUT2D eigenvalue weighted by Gasteiger charge is 2.14. The van der Waals surface area contributed by atoms with Gasteiger partial charge < -0.3 is 14.8 Å². The van der Waals surface area contributed by atoms with Gasteiger partial charge in [-0.1, -0.05) is 6.07 Å². The standard InChI is InChI=1S/C13H17NO2S/c1-10(14-9-11-4-3-7-17-11)8-12(15)13-5-2-6-16-13/h2-7,10,12,14-15H,8-9H2,1H3. The first kappa shape index (κ1) is 12.4. The van der Waals surface area contributed by atoms with Crippen molar-refractivity contribution in [3.8, 4) is 0 Å². The summed E-state index contributed by atoms with van der Waals surface area (Å²) in [6.45, 7) is 2.92. The van der Waals surface area contributed by atoms with Crippen LogP contribution in [0.2, 0.25) is 0 Å². The molecule has 2 heterocycles. The molecule has 2 N–H and O–H groups in total. The highest BCUT2D eigenvalue weighted by atomic mass is 32.1. The van der Waals surface area contributed by atoms with Crippen molar-refractivity contribution >= 4 is 11.3 Å². The Labute approximate surface area is 105 Å². The molecular weight excluding hydrogens is 234 g/mol. The Bertz CT molecular complexity index is 411. The molecule has 0 aliphatic carbocycles. The van der Waals surface area contributed by atoms with Crippen LogP contribution in [0.4, 0.5) is 0 Å². The van der Waals surface area contributed by atoms with Crippen LogP contribution in [0, 0.1) is 0 Å². The van der Waals surface area contributed by atoms with Crippen LogP contribution in [-0.4, -0.2) is 11.1 Å². The van der Waals surface area contributed by atoms with E-state index in [1.165, 1.54) is 4.88 Å². The van der Waals surface area contributed by atoms with Crippen molar-refractivity contribution in [1.82, 2.24) is 5.32 Å². The van der Waals surface area contributed by atoms with Crippen molar-refractivity contribution in [1.29, 1.82) is 0 Å². The molecule has 2 rings (SSSR count). The Kier molecular flexibility index (Phi) is 4.36. The molecular formula is C13H17NO2S. The lowest BCUT2D eigenvalue weighted by atomic mass is 10.1. The summed E-state index contributed by atoms with van der Waals surface area (Å²) in [6.07, 6.45) is 1.71. The minimum atomic E-state index is -0.532. The van der Waals surface area contributed by atoms with Gasteiger partial charge in [-0.2, -0.15) is 0 Å². The number of furan rings is 1. The normalized spacial score (nSPS) is 14.7. The fourth-order valence-corrected chi connectivity index (χ4v) is 2.36. The van der Waals surface area contributed by atoms with Crippen molar-refractivity contribution in [2.45, 2.75) is 32.0 Å². The highest BCUT2D eigenvalue weighted by Crippen LogP contribution is 2.18. The second kappa shape index (κ2) is 6.00. The third-order valence-corrected chi connectivity index (χ3v) is 3.53. The van der Waals surface area contributed by atoms with Crippen LogP contribution in [0.5, 0.6) is 0 Å². The first-order valence-electron chi connectivity index (χ1n) is 5.73. The summed E-state index contributed by atoms with van der Waals surface area (Å²) < 4.78 is 5.17. The summed E-state index contributed by atoms with van der Waals surface area (Å²) >= 11 is 1.74. The van der Waals surface area contributed by atoms with Crippen LogP contribution in [0.3, 0.4) is 0 Å². The third-order valence-electron chi connectivity index (χ3n) is 2.65. The number of hydrogen-bond acceptors (Lipinski definition) is 4. The number of thiophene rings is 1. The molecule has 0 amide bonds. The molecule has 0 aromatic carbocycles. The maximum Gasteiger partial charge on any atom is 0.132 e. The van der Waals surface area contributed by atoms with Gasteiger partial charge in [-0.25, -0.2) is 0 Å². The number of hydrogen-bond donors (Lipinski definition) is 2. The second-order valence-electron chi connectivity index (χ2n) is 4.13. The monoisotopic (exact) mass is 251 g/mol. The van der Waals surface area contributed by atoms with E-state index in [0.29, 0.717) is 12.2 Å². The molecule has 0 saturated heterocycles. The Balaban J connectivity index is 1.75. The summed E-state index contributed by atoms with van der Waals surface area (Å²) in [6, 6.07) is 7.99. The molecule has 2 aromatic rings. The lowest BCUT2D eigenvalue weighted by Crippen LogP contribution is -2.27. The Morgan fingerprint density at radius 2 is 2.29 bits per heavy atom. The Morgan fingerprint density at radius 3 is 2.94 bits per heavy atom. The van der Waals surface area contributed by atoms with E-state index in [2.05, 4.69) is 23.7 Å². The minimum Gasteiger partial charge on any atom is -0.467 e. The zero-order chi connectivity index (χ0) is 12.1. The van der Waals surface area contributed by atoms with Crippen molar-refractivity contribution < 1.29 is 9.52 Å². The van der Waals surface area contributed by atoms with Crippen LogP contribution in [0.25, 0.3) is 0 Å². The van der Waals surface area contributed by atoms with E-state index in [1.54, 1.807) is 29.7 Å². The van der Waals surface area contributed by atoms with Crippen LogP contribution in [-0.2, 0) is 6.54 Å². The predicted molar refractivity (Wildman–Crippen MR) is 68.9 cm³/mol. The fourth-order valence-electron chi connectivity index (χ4n) is 1.70. The maximum atomic E-state index is 9.91. The largest absolute Gasteiger partial charge is 0.467 e. The van der Waals surface area contributed by atoms with Crippen molar-refractivity contribution in [2.24, 2.45) is 0 Å². The van der Waals surface area contributed by atoms with Gasteiger partial charge in [0.15, 0.2) is 0 Å². The summed E-state index contributed by atoms with van der Waals surface area (Å²) in [5, 5.41) is 15.4. The van der Waals surface area contributed by atoms with Gasteiger partial charge in [-0.15, -0.1) is 11.3 Å². The van der Waals surface area contributed by atoms with Gasteiger partial charge in [0.2, 0.25) is 0 Å².